The van der Waals surface area contributed by atoms with Crippen LogP contribution >= 0.6 is 24.8 Å². The summed E-state index contributed by atoms with van der Waals surface area (Å²) in [7, 11) is 0. The molecule has 4 aliphatic carbocycles. The van der Waals surface area contributed by atoms with Gasteiger partial charge in [-0.15, -0.1) is 24.8 Å². The van der Waals surface area contributed by atoms with Gasteiger partial charge in [0.1, 0.15) is 0 Å². The van der Waals surface area contributed by atoms with Gasteiger partial charge in [0.2, 0.25) is 0 Å². The van der Waals surface area contributed by atoms with Crippen LogP contribution in [0.25, 0.3) is 0 Å². The van der Waals surface area contributed by atoms with E-state index in [2.05, 4.69) is 5.43 Å². The van der Waals surface area contributed by atoms with E-state index in [1.165, 1.54) is 38.5 Å². The summed E-state index contributed by atoms with van der Waals surface area (Å²) in [5.74, 6) is 8.70. The monoisotopic (exact) mass is 238 g/mol. The predicted molar refractivity (Wildman–Crippen MR) is 62.7 cm³/mol. The van der Waals surface area contributed by atoms with Crippen molar-refractivity contribution in [3.63, 3.8) is 0 Å². The molecule has 84 valence electrons. The molecule has 4 saturated carbocycles. The molecule has 4 heteroatoms. The van der Waals surface area contributed by atoms with Gasteiger partial charge in [-0.3, -0.25) is 11.3 Å². The maximum absolute atomic E-state index is 5.68. The van der Waals surface area contributed by atoms with Crippen molar-refractivity contribution < 1.29 is 0 Å². The molecule has 0 aromatic heterocycles. The lowest BCUT2D eigenvalue weighted by Crippen LogP contribution is -2.60. The zero-order valence-corrected chi connectivity index (χ0v) is 10.0. The largest absolute Gasteiger partial charge is 0.271 e. The molecule has 2 nitrogen and oxygen atoms in total. The third kappa shape index (κ3) is 1.78. The third-order valence-corrected chi connectivity index (χ3v) is 4.34. The van der Waals surface area contributed by atoms with Crippen molar-refractivity contribution in [2.45, 2.75) is 44.1 Å². The van der Waals surface area contributed by atoms with Crippen LogP contribution in [-0.2, 0) is 0 Å². The molecule has 4 rings (SSSR count). The summed E-state index contributed by atoms with van der Waals surface area (Å²) in [5.41, 5.74) is 3.48. The van der Waals surface area contributed by atoms with Crippen molar-refractivity contribution in [1.82, 2.24) is 5.43 Å². The van der Waals surface area contributed by atoms with E-state index in [1.807, 2.05) is 0 Å². The minimum absolute atomic E-state index is 0. The molecular weight excluding hydrogens is 219 g/mol. The quantitative estimate of drug-likeness (QED) is 0.544. The lowest BCUT2D eigenvalue weighted by atomic mass is 9.53. The Morgan fingerprint density at radius 1 is 0.857 bits per heavy atom. The van der Waals surface area contributed by atoms with Gasteiger partial charge in [-0.2, -0.15) is 0 Å². The van der Waals surface area contributed by atoms with Gasteiger partial charge < -0.3 is 0 Å². The maximum atomic E-state index is 5.68. The standard InChI is InChI=1S/C10H18N2.2ClH/c11-12-10-4-7-1-8(5-10)3-9(2-7)6-10;;/h7-9,12H,1-6,11H2;2*1H. The van der Waals surface area contributed by atoms with Crippen LogP contribution in [0.2, 0.25) is 0 Å². The Labute approximate surface area is 98.2 Å². The van der Waals surface area contributed by atoms with Crippen LogP contribution in [0.15, 0.2) is 0 Å². The summed E-state index contributed by atoms with van der Waals surface area (Å²) >= 11 is 0. The van der Waals surface area contributed by atoms with Gasteiger partial charge in [0, 0.05) is 5.54 Å². The van der Waals surface area contributed by atoms with Gasteiger partial charge in [0.25, 0.3) is 0 Å². The molecule has 4 aliphatic rings. The Hall–Kier alpha value is 0.500. The number of halogens is 2. The van der Waals surface area contributed by atoms with E-state index in [-0.39, 0.29) is 24.8 Å². The SMILES string of the molecule is Cl.Cl.NNC12CC3CC(CC(C3)C1)C2. The predicted octanol–water partition coefficient (Wildman–Crippen LogP) is 2.26. The van der Waals surface area contributed by atoms with Crippen molar-refractivity contribution in [3.8, 4) is 0 Å². The molecule has 3 N–H and O–H groups in total. The smallest absolute Gasteiger partial charge is 0.0329 e. The van der Waals surface area contributed by atoms with E-state index < -0.39 is 0 Å². The number of hydrazine groups is 1. The Balaban J connectivity index is 0.000000490. The fourth-order valence-electron chi connectivity index (χ4n) is 4.29. The Morgan fingerprint density at radius 3 is 1.50 bits per heavy atom. The summed E-state index contributed by atoms with van der Waals surface area (Å²) in [6, 6.07) is 0. The average Bonchev–Trinajstić information content (AvgIpc) is 2.02. The molecule has 0 unspecified atom stereocenters. The Kier molecular flexibility index (Phi) is 3.74. The third-order valence-electron chi connectivity index (χ3n) is 4.34. The zero-order valence-electron chi connectivity index (χ0n) is 8.37. The highest BCUT2D eigenvalue weighted by atomic mass is 35.5. The van der Waals surface area contributed by atoms with E-state index in [9.17, 15) is 0 Å². The lowest BCUT2D eigenvalue weighted by Gasteiger charge is -2.56. The van der Waals surface area contributed by atoms with Crippen molar-refractivity contribution in [2.75, 3.05) is 0 Å². The zero-order chi connectivity index (χ0) is 8.18. The van der Waals surface area contributed by atoms with E-state index in [0.29, 0.717) is 5.54 Å². The highest BCUT2D eigenvalue weighted by Gasteiger charge is 2.50. The van der Waals surface area contributed by atoms with Crippen LogP contribution in [-0.4, -0.2) is 5.54 Å². The summed E-state index contributed by atoms with van der Waals surface area (Å²) < 4.78 is 0. The van der Waals surface area contributed by atoms with E-state index in [4.69, 9.17) is 5.84 Å². The normalized spacial score (nSPS) is 48.2. The van der Waals surface area contributed by atoms with Crippen LogP contribution in [0.3, 0.4) is 0 Å². The minimum atomic E-state index is 0. The average molecular weight is 239 g/mol. The molecule has 4 bridgehead atoms. The molecule has 0 atom stereocenters. The summed E-state index contributed by atoms with van der Waals surface area (Å²) in [5, 5.41) is 0. The molecule has 14 heavy (non-hydrogen) atoms. The highest BCUT2D eigenvalue weighted by molar-refractivity contribution is 5.85. The molecular formula is C10H20Cl2N2. The fourth-order valence-corrected chi connectivity index (χ4v) is 4.29. The Morgan fingerprint density at radius 2 is 1.21 bits per heavy atom. The van der Waals surface area contributed by atoms with Crippen molar-refractivity contribution >= 4 is 24.8 Å². The first kappa shape index (κ1) is 12.6. The van der Waals surface area contributed by atoms with Gasteiger partial charge in [-0.25, -0.2) is 0 Å². The number of rotatable bonds is 1. The molecule has 4 fully saturated rings. The number of hydrogen-bond acceptors (Lipinski definition) is 2. The number of hydrogen-bond donors (Lipinski definition) is 2. The molecule has 0 saturated heterocycles. The molecule has 0 aromatic rings. The topological polar surface area (TPSA) is 38.0 Å². The van der Waals surface area contributed by atoms with Crippen LogP contribution in [0.1, 0.15) is 38.5 Å². The van der Waals surface area contributed by atoms with Gasteiger partial charge in [0.15, 0.2) is 0 Å². The highest BCUT2D eigenvalue weighted by Crippen LogP contribution is 2.55. The molecule has 0 radical (unpaired) electrons. The van der Waals surface area contributed by atoms with Crippen molar-refractivity contribution in [1.29, 1.82) is 0 Å². The first-order chi connectivity index (χ1) is 5.80. The minimum Gasteiger partial charge on any atom is -0.271 e. The fraction of sp³-hybridized carbons (Fsp3) is 1.00. The summed E-state index contributed by atoms with van der Waals surface area (Å²) in [4.78, 5) is 0. The van der Waals surface area contributed by atoms with E-state index in [1.54, 1.807) is 0 Å². The summed E-state index contributed by atoms with van der Waals surface area (Å²) in [6.45, 7) is 0. The van der Waals surface area contributed by atoms with Crippen molar-refractivity contribution in [3.05, 3.63) is 0 Å². The first-order valence-electron chi connectivity index (χ1n) is 5.27. The lowest BCUT2D eigenvalue weighted by molar-refractivity contribution is -0.0196. The number of nitrogens with two attached hydrogens (primary N) is 1. The van der Waals surface area contributed by atoms with E-state index >= 15 is 0 Å². The van der Waals surface area contributed by atoms with Crippen LogP contribution < -0.4 is 11.3 Å². The molecule has 0 amide bonds. The van der Waals surface area contributed by atoms with Crippen LogP contribution in [0.5, 0.6) is 0 Å². The second kappa shape index (κ2) is 4.17. The Bertz CT molecular complexity index is 173. The van der Waals surface area contributed by atoms with Crippen LogP contribution in [0.4, 0.5) is 0 Å². The molecule has 0 aliphatic heterocycles. The van der Waals surface area contributed by atoms with Gasteiger partial charge in [0.05, 0.1) is 0 Å². The van der Waals surface area contributed by atoms with Gasteiger partial charge >= 0.3 is 0 Å². The first-order valence-corrected chi connectivity index (χ1v) is 5.27. The van der Waals surface area contributed by atoms with E-state index in [0.717, 1.165) is 17.8 Å². The van der Waals surface area contributed by atoms with Crippen LogP contribution in [0, 0.1) is 17.8 Å². The second-order valence-corrected chi connectivity index (χ2v) is 5.34. The number of nitrogens with one attached hydrogen (secondary N) is 1. The maximum Gasteiger partial charge on any atom is 0.0329 e. The molecule has 0 aromatic carbocycles. The van der Waals surface area contributed by atoms with Gasteiger partial charge in [-0.05, 0) is 56.3 Å². The van der Waals surface area contributed by atoms with Gasteiger partial charge in [-0.1, -0.05) is 0 Å². The second-order valence-electron chi connectivity index (χ2n) is 5.34. The molecule has 0 heterocycles. The molecule has 0 spiro atoms. The summed E-state index contributed by atoms with van der Waals surface area (Å²) in [6.07, 6.45) is 8.57. The van der Waals surface area contributed by atoms with Crippen molar-refractivity contribution in [2.24, 2.45) is 23.6 Å².